The van der Waals surface area contributed by atoms with E-state index in [0.29, 0.717) is 40.7 Å². The number of methoxy groups -OCH3 is 1. The third-order valence-electron chi connectivity index (χ3n) is 6.23. The van der Waals surface area contributed by atoms with E-state index in [1.54, 1.807) is 25.3 Å². The van der Waals surface area contributed by atoms with Gasteiger partial charge in [-0.1, -0.05) is 62.5 Å². The first-order chi connectivity index (χ1) is 18.9. The number of halogens is 3. The van der Waals surface area contributed by atoms with Gasteiger partial charge in [0.15, 0.2) is 11.9 Å². The second kappa shape index (κ2) is 16.9. The second-order valence-electron chi connectivity index (χ2n) is 8.46. The highest BCUT2D eigenvalue weighted by atomic mass is 35.5. The van der Waals surface area contributed by atoms with Crippen LogP contribution in [-0.2, 0) is 16.0 Å². The molecular weight excluding hydrogens is 559 g/mol. The number of nitrogens with zero attached hydrogens (tertiary/aromatic N) is 4. The van der Waals surface area contributed by atoms with Crippen molar-refractivity contribution in [1.82, 2.24) is 14.5 Å². The van der Waals surface area contributed by atoms with Gasteiger partial charge in [-0.3, -0.25) is 4.99 Å². The zero-order valence-electron chi connectivity index (χ0n) is 23.7. The van der Waals surface area contributed by atoms with Crippen LogP contribution in [0.1, 0.15) is 65.5 Å². The Morgan fingerprint density at radius 3 is 2.62 bits per heavy atom. The first-order valence-electron chi connectivity index (χ1n) is 13.5. The molecular formula is C28H41Cl3N6O2. The Morgan fingerprint density at radius 2 is 1.92 bits per heavy atom. The highest BCUT2D eigenvalue weighted by Crippen LogP contribution is 2.37. The third-order valence-corrected chi connectivity index (χ3v) is 7.03. The molecule has 1 fully saturated rings. The van der Waals surface area contributed by atoms with E-state index >= 15 is 0 Å². The molecule has 0 amide bonds. The van der Waals surface area contributed by atoms with Crippen LogP contribution in [0.4, 0.5) is 5.69 Å². The Labute approximate surface area is 247 Å². The van der Waals surface area contributed by atoms with Gasteiger partial charge in [0.05, 0.1) is 24.4 Å². The predicted molar refractivity (Wildman–Crippen MR) is 164 cm³/mol. The number of benzene rings is 1. The molecule has 8 nitrogen and oxygen atoms in total. The number of hydrogen-bond acceptors (Lipinski definition) is 6. The standard InChI is InChI=1S/C24H29Cl3N6O2.2C2H6/c1-3-35-21(34-2)12-30-23(28)14-4-6-17(9-14)33-13-31-22-19(10-20(27)32-24(22)33)29-11-15-8-16(25)5-7-18(15)26;2*1-2/h5,7-8,10,13-14,17,21H,3-4,6,9,11-12H2,1-2H3,(H2,28,30)(H,29,32);2*1-2H3/t14-,17+,21?;;/m1../s1. The number of anilines is 1. The Balaban J connectivity index is 0.00000127. The molecule has 1 aliphatic rings. The van der Waals surface area contributed by atoms with Crippen LogP contribution in [0.15, 0.2) is 35.6 Å². The molecule has 3 aromatic rings. The van der Waals surface area contributed by atoms with Crippen LogP contribution < -0.4 is 11.1 Å². The number of aliphatic imine (C=N–C) groups is 1. The van der Waals surface area contributed by atoms with Gasteiger partial charge in [-0.2, -0.15) is 0 Å². The Bertz CT molecular complexity index is 1200. The molecule has 0 radical (unpaired) electrons. The van der Waals surface area contributed by atoms with E-state index < -0.39 is 0 Å². The van der Waals surface area contributed by atoms with Crippen LogP contribution >= 0.6 is 34.8 Å². The van der Waals surface area contributed by atoms with E-state index in [9.17, 15) is 0 Å². The summed E-state index contributed by atoms with van der Waals surface area (Å²) in [6.45, 7) is 11.3. The minimum atomic E-state index is -0.382. The Morgan fingerprint density at radius 1 is 1.18 bits per heavy atom. The van der Waals surface area contributed by atoms with Gasteiger partial charge >= 0.3 is 0 Å². The van der Waals surface area contributed by atoms with Gasteiger partial charge in [0, 0.05) is 48.3 Å². The number of pyridine rings is 1. The molecule has 11 heteroatoms. The first kappa shape index (κ1) is 33.1. The summed E-state index contributed by atoms with van der Waals surface area (Å²) in [5, 5.41) is 5.03. The fraction of sp³-hybridized carbons (Fsp3) is 0.536. The molecule has 1 aromatic carbocycles. The number of rotatable bonds is 10. The van der Waals surface area contributed by atoms with E-state index in [0.717, 1.165) is 41.7 Å². The molecule has 3 atom stereocenters. The largest absolute Gasteiger partial charge is 0.387 e. The van der Waals surface area contributed by atoms with E-state index in [2.05, 4.69) is 24.8 Å². The summed E-state index contributed by atoms with van der Waals surface area (Å²) in [6.07, 6.45) is 4.17. The molecule has 2 aromatic heterocycles. The lowest BCUT2D eigenvalue weighted by Gasteiger charge is -2.16. The lowest BCUT2D eigenvalue weighted by molar-refractivity contribution is -0.112. The number of amidine groups is 1. The van der Waals surface area contributed by atoms with E-state index in [-0.39, 0.29) is 18.2 Å². The average Bonchev–Trinajstić information content (AvgIpc) is 3.61. The van der Waals surface area contributed by atoms with Crippen LogP contribution in [0.3, 0.4) is 0 Å². The van der Waals surface area contributed by atoms with E-state index in [1.165, 1.54) is 0 Å². The van der Waals surface area contributed by atoms with Crippen molar-refractivity contribution in [3.8, 4) is 0 Å². The summed E-state index contributed by atoms with van der Waals surface area (Å²) in [7, 11) is 1.60. The Hall–Kier alpha value is -2.10. The maximum Gasteiger partial charge on any atom is 0.176 e. The fourth-order valence-corrected chi connectivity index (χ4v) is 4.98. The number of nitrogens with two attached hydrogens (primary N) is 1. The van der Waals surface area contributed by atoms with Gasteiger partial charge in [0.25, 0.3) is 0 Å². The van der Waals surface area contributed by atoms with Crippen LogP contribution in [0.5, 0.6) is 0 Å². The molecule has 2 heterocycles. The number of nitrogens with one attached hydrogen (secondary N) is 1. The van der Waals surface area contributed by atoms with Crippen molar-refractivity contribution in [2.24, 2.45) is 16.6 Å². The quantitative estimate of drug-likeness (QED) is 0.107. The monoisotopic (exact) mass is 598 g/mol. The van der Waals surface area contributed by atoms with Gasteiger partial charge in [-0.15, -0.1) is 0 Å². The van der Waals surface area contributed by atoms with Gasteiger partial charge in [-0.25, -0.2) is 9.97 Å². The molecule has 1 saturated carbocycles. The highest BCUT2D eigenvalue weighted by Gasteiger charge is 2.30. The van der Waals surface area contributed by atoms with E-state index in [1.807, 2.05) is 47.0 Å². The summed E-state index contributed by atoms with van der Waals surface area (Å²) >= 11 is 18.8. The van der Waals surface area contributed by atoms with Crippen LogP contribution in [0.25, 0.3) is 11.2 Å². The van der Waals surface area contributed by atoms with Crippen molar-refractivity contribution in [2.45, 2.75) is 72.8 Å². The molecule has 1 unspecified atom stereocenters. The number of fused-ring (bicyclic) bond motifs is 1. The van der Waals surface area contributed by atoms with Gasteiger partial charge in [0.2, 0.25) is 0 Å². The SMILES string of the molecule is CC.CC.CCOC(CN=C(N)[C@@H]1CC[C@H](n2cnc3c(NCc4cc(Cl)ccc4Cl)cc(Cl)nc32)C1)OC. The molecule has 0 aliphatic heterocycles. The minimum absolute atomic E-state index is 0.179. The number of hydrogen-bond donors (Lipinski definition) is 2. The molecule has 4 rings (SSSR count). The van der Waals surface area contributed by atoms with Crippen molar-refractivity contribution in [1.29, 1.82) is 0 Å². The number of aromatic nitrogens is 3. The molecule has 1 aliphatic carbocycles. The summed E-state index contributed by atoms with van der Waals surface area (Å²) in [4.78, 5) is 13.7. The smallest absolute Gasteiger partial charge is 0.176 e. The zero-order chi connectivity index (χ0) is 28.9. The minimum Gasteiger partial charge on any atom is -0.387 e. The zero-order valence-corrected chi connectivity index (χ0v) is 25.9. The summed E-state index contributed by atoms with van der Waals surface area (Å²) in [5.74, 6) is 0.809. The van der Waals surface area contributed by atoms with Crippen molar-refractivity contribution in [2.75, 3.05) is 25.6 Å². The van der Waals surface area contributed by atoms with Crippen molar-refractivity contribution in [3.05, 3.63) is 51.4 Å². The van der Waals surface area contributed by atoms with Crippen LogP contribution in [-0.4, -0.2) is 46.9 Å². The molecule has 216 valence electrons. The van der Waals surface area contributed by atoms with Crippen molar-refractivity contribution < 1.29 is 9.47 Å². The predicted octanol–water partition coefficient (Wildman–Crippen LogP) is 7.76. The Kier molecular flexibility index (Phi) is 14.3. The van der Waals surface area contributed by atoms with Crippen molar-refractivity contribution >= 4 is 57.5 Å². The van der Waals surface area contributed by atoms with E-state index in [4.69, 9.17) is 50.0 Å². The van der Waals surface area contributed by atoms with Crippen molar-refractivity contribution in [3.63, 3.8) is 0 Å². The first-order valence-corrected chi connectivity index (χ1v) is 14.7. The topological polar surface area (TPSA) is 99.6 Å². The normalized spacial score (nSPS) is 17.7. The highest BCUT2D eigenvalue weighted by molar-refractivity contribution is 6.33. The molecule has 0 saturated heterocycles. The van der Waals surface area contributed by atoms with Gasteiger partial charge in [-0.05, 0) is 49.9 Å². The summed E-state index contributed by atoms with van der Waals surface area (Å²) in [5.41, 5.74) is 9.46. The lowest BCUT2D eigenvalue weighted by atomic mass is 10.1. The van der Waals surface area contributed by atoms with Gasteiger partial charge in [0.1, 0.15) is 10.7 Å². The van der Waals surface area contributed by atoms with Crippen LogP contribution in [0, 0.1) is 5.92 Å². The summed E-state index contributed by atoms with van der Waals surface area (Å²) < 4.78 is 12.8. The molecule has 0 spiro atoms. The second-order valence-corrected chi connectivity index (χ2v) is 9.69. The molecule has 39 heavy (non-hydrogen) atoms. The lowest BCUT2D eigenvalue weighted by Crippen LogP contribution is -2.26. The summed E-state index contributed by atoms with van der Waals surface area (Å²) in [6, 6.07) is 7.35. The molecule has 0 bridgehead atoms. The van der Waals surface area contributed by atoms with Crippen LogP contribution in [0.2, 0.25) is 15.2 Å². The average molecular weight is 600 g/mol. The van der Waals surface area contributed by atoms with Gasteiger partial charge < -0.3 is 25.1 Å². The molecule has 3 N–H and O–H groups in total. The third kappa shape index (κ3) is 8.95. The fourth-order valence-electron chi connectivity index (χ4n) is 4.42. The maximum atomic E-state index is 6.38. The number of ether oxygens (including phenoxy) is 2. The number of imidazole rings is 1. The maximum absolute atomic E-state index is 6.38.